The monoisotopic (exact) mass is 370 g/mol. The van der Waals surface area contributed by atoms with E-state index in [0.29, 0.717) is 11.1 Å². The first-order chi connectivity index (χ1) is 10.6. The van der Waals surface area contributed by atoms with Gasteiger partial charge in [0.15, 0.2) is 17.4 Å². The fourth-order valence-electron chi connectivity index (χ4n) is 1.98. The Hall–Kier alpha value is -1.56. The average molecular weight is 371 g/mol. The second kappa shape index (κ2) is 8.17. The van der Waals surface area contributed by atoms with E-state index in [-0.39, 0.29) is 17.1 Å². The van der Waals surface area contributed by atoms with Crippen molar-refractivity contribution in [3.63, 3.8) is 0 Å². The quantitative estimate of drug-likeness (QED) is 0.632. The van der Waals surface area contributed by atoms with Crippen LogP contribution in [-0.4, -0.2) is 16.6 Å². The van der Waals surface area contributed by atoms with Gasteiger partial charge in [-0.2, -0.15) is 4.39 Å². The fourth-order valence-corrected chi connectivity index (χ4v) is 2.18. The van der Waals surface area contributed by atoms with Crippen molar-refractivity contribution in [1.29, 1.82) is 0 Å². The van der Waals surface area contributed by atoms with Gasteiger partial charge in [0, 0.05) is 12.4 Å². The van der Waals surface area contributed by atoms with Gasteiger partial charge in [-0.25, -0.2) is 14.4 Å². The van der Waals surface area contributed by atoms with Crippen LogP contribution in [0.1, 0.15) is 32.6 Å². The van der Waals surface area contributed by atoms with E-state index in [0.717, 1.165) is 25.7 Å². The van der Waals surface area contributed by atoms with Gasteiger partial charge in [-0.1, -0.05) is 26.2 Å². The van der Waals surface area contributed by atoms with Crippen LogP contribution in [0.15, 0.2) is 29.0 Å². The van der Waals surface area contributed by atoms with Crippen LogP contribution in [0.5, 0.6) is 5.75 Å². The molecular weight excluding hydrogens is 354 g/mol. The standard InChI is InChI=1S/C16H17BrF2N2O/c1-2-3-4-5-8-22-13-7-6-12(14(18)15(13)19)16-20-9-11(17)10-21-16/h6-7,9-10H,2-5,8H2,1H3. The number of aromatic nitrogens is 2. The molecule has 0 unspecified atom stereocenters. The summed E-state index contributed by atoms with van der Waals surface area (Å²) in [5.41, 5.74) is 0.0170. The van der Waals surface area contributed by atoms with Crippen molar-refractivity contribution in [2.45, 2.75) is 32.6 Å². The molecule has 3 nitrogen and oxygen atoms in total. The lowest BCUT2D eigenvalue weighted by molar-refractivity contribution is 0.285. The normalized spacial score (nSPS) is 10.7. The molecule has 0 radical (unpaired) electrons. The molecule has 0 fully saturated rings. The SMILES string of the molecule is CCCCCCOc1ccc(-c2ncc(Br)cn2)c(F)c1F. The number of rotatable bonds is 7. The van der Waals surface area contributed by atoms with E-state index in [1.54, 1.807) is 0 Å². The van der Waals surface area contributed by atoms with Gasteiger partial charge in [0.1, 0.15) is 0 Å². The molecular formula is C16H17BrF2N2O. The van der Waals surface area contributed by atoms with Gasteiger partial charge in [-0.05, 0) is 34.5 Å². The van der Waals surface area contributed by atoms with Crippen LogP contribution in [-0.2, 0) is 0 Å². The topological polar surface area (TPSA) is 35.0 Å². The summed E-state index contributed by atoms with van der Waals surface area (Å²) in [5.74, 6) is -1.93. The highest BCUT2D eigenvalue weighted by molar-refractivity contribution is 9.10. The summed E-state index contributed by atoms with van der Waals surface area (Å²) < 4.78 is 34.2. The van der Waals surface area contributed by atoms with Crippen molar-refractivity contribution in [3.8, 4) is 17.1 Å². The molecule has 1 aromatic heterocycles. The Morgan fingerprint density at radius 1 is 1.05 bits per heavy atom. The Bertz CT molecular complexity index is 620. The molecule has 0 atom stereocenters. The van der Waals surface area contributed by atoms with Crippen LogP contribution in [0, 0.1) is 11.6 Å². The zero-order valence-electron chi connectivity index (χ0n) is 12.3. The maximum atomic E-state index is 14.1. The summed E-state index contributed by atoms with van der Waals surface area (Å²) in [6.07, 6.45) is 7.04. The molecule has 0 N–H and O–H groups in total. The number of benzene rings is 1. The Morgan fingerprint density at radius 2 is 1.77 bits per heavy atom. The molecule has 2 aromatic rings. The predicted molar refractivity (Wildman–Crippen MR) is 84.7 cm³/mol. The van der Waals surface area contributed by atoms with E-state index in [2.05, 4.69) is 32.8 Å². The van der Waals surface area contributed by atoms with Gasteiger partial charge in [-0.15, -0.1) is 0 Å². The number of hydrogen-bond acceptors (Lipinski definition) is 3. The first kappa shape index (κ1) is 16.8. The van der Waals surface area contributed by atoms with Gasteiger partial charge < -0.3 is 4.74 Å². The number of ether oxygens (including phenoxy) is 1. The summed E-state index contributed by atoms with van der Waals surface area (Å²) in [5, 5.41) is 0. The van der Waals surface area contributed by atoms with E-state index < -0.39 is 11.6 Å². The van der Waals surface area contributed by atoms with E-state index >= 15 is 0 Å². The minimum Gasteiger partial charge on any atom is -0.490 e. The maximum Gasteiger partial charge on any atom is 0.201 e. The molecule has 1 aromatic carbocycles. The van der Waals surface area contributed by atoms with Crippen molar-refractivity contribution >= 4 is 15.9 Å². The van der Waals surface area contributed by atoms with Gasteiger partial charge >= 0.3 is 0 Å². The third-order valence-electron chi connectivity index (χ3n) is 3.16. The Morgan fingerprint density at radius 3 is 2.45 bits per heavy atom. The van der Waals surface area contributed by atoms with Gasteiger partial charge in [0.05, 0.1) is 16.6 Å². The number of halogens is 3. The van der Waals surface area contributed by atoms with Crippen LogP contribution in [0.3, 0.4) is 0 Å². The summed E-state index contributed by atoms with van der Waals surface area (Å²) in [6, 6.07) is 2.85. The third kappa shape index (κ3) is 4.22. The Labute approximate surface area is 136 Å². The molecule has 1 heterocycles. The maximum absolute atomic E-state index is 14.1. The minimum absolute atomic E-state index is 0.0170. The van der Waals surface area contributed by atoms with Gasteiger partial charge in [0.25, 0.3) is 0 Å². The second-order valence-corrected chi connectivity index (χ2v) is 5.79. The third-order valence-corrected chi connectivity index (χ3v) is 3.57. The molecule has 0 amide bonds. The van der Waals surface area contributed by atoms with Crippen molar-refractivity contribution in [1.82, 2.24) is 9.97 Å². The molecule has 0 bridgehead atoms. The molecule has 0 aliphatic rings. The van der Waals surface area contributed by atoms with Crippen molar-refractivity contribution < 1.29 is 13.5 Å². The Balaban J connectivity index is 2.10. The van der Waals surface area contributed by atoms with Crippen LogP contribution in [0.25, 0.3) is 11.4 Å². The van der Waals surface area contributed by atoms with Crippen molar-refractivity contribution in [3.05, 3.63) is 40.6 Å². The van der Waals surface area contributed by atoms with E-state index in [1.807, 2.05) is 0 Å². The van der Waals surface area contributed by atoms with E-state index in [4.69, 9.17) is 4.74 Å². The smallest absolute Gasteiger partial charge is 0.201 e. The highest BCUT2D eigenvalue weighted by atomic mass is 79.9. The Kier molecular flexibility index (Phi) is 6.24. The largest absolute Gasteiger partial charge is 0.490 e. The molecule has 6 heteroatoms. The molecule has 0 aliphatic carbocycles. The van der Waals surface area contributed by atoms with Crippen LogP contribution in [0.2, 0.25) is 0 Å². The van der Waals surface area contributed by atoms with Crippen LogP contribution in [0.4, 0.5) is 8.78 Å². The number of nitrogens with zero attached hydrogens (tertiary/aromatic N) is 2. The fraction of sp³-hybridized carbons (Fsp3) is 0.375. The van der Waals surface area contributed by atoms with Crippen LogP contribution < -0.4 is 4.74 Å². The molecule has 2 rings (SSSR count). The summed E-state index contributed by atoms with van der Waals surface area (Å²) in [6.45, 7) is 2.49. The van der Waals surface area contributed by atoms with Crippen molar-refractivity contribution in [2.75, 3.05) is 6.61 Å². The van der Waals surface area contributed by atoms with Gasteiger partial charge in [-0.3, -0.25) is 0 Å². The molecule has 0 saturated heterocycles. The zero-order chi connectivity index (χ0) is 15.9. The predicted octanol–water partition coefficient (Wildman–Crippen LogP) is 5.14. The van der Waals surface area contributed by atoms with Crippen molar-refractivity contribution in [2.24, 2.45) is 0 Å². The lowest BCUT2D eigenvalue weighted by atomic mass is 10.1. The van der Waals surface area contributed by atoms with Gasteiger partial charge in [0.2, 0.25) is 5.82 Å². The second-order valence-electron chi connectivity index (χ2n) is 4.87. The first-order valence-corrected chi connectivity index (χ1v) is 8.01. The lowest BCUT2D eigenvalue weighted by Crippen LogP contribution is -2.02. The lowest BCUT2D eigenvalue weighted by Gasteiger charge is -2.09. The average Bonchev–Trinajstić information content (AvgIpc) is 2.52. The molecule has 22 heavy (non-hydrogen) atoms. The number of hydrogen-bond donors (Lipinski definition) is 0. The minimum atomic E-state index is -1.00. The summed E-state index contributed by atoms with van der Waals surface area (Å²) in [4.78, 5) is 7.94. The zero-order valence-corrected chi connectivity index (χ0v) is 13.9. The highest BCUT2D eigenvalue weighted by Gasteiger charge is 2.17. The number of unbranched alkanes of at least 4 members (excludes halogenated alkanes) is 3. The molecule has 0 spiro atoms. The molecule has 0 saturated carbocycles. The summed E-state index contributed by atoms with van der Waals surface area (Å²) in [7, 11) is 0. The van der Waals surface area contributed by atoms with E-state index in [1.165, 1.54) is 24.5 Å². The highest BCUT2D eigenvalue weighted by Crippen LogP contribution is 2.28. The van der Waals surface area contributed by atoms with E-state index in [9.17, 15) is 8.78 Å². The first-order valence-electron chi connectivity index (χ1n) is 7.22. The molecule has 118 valence electrons. The molecule has 0 aliphatic heterocycles. The summed E-state index contributed by atoms with van der Waals surface area (Å²) >= 11 is 3.20. The van der Waals surface area contributed by atoms with Crippen LogP contribution >= 0.6 is 15.9 Å².